The highest BCUT2D eigenvalue weighted by molar-refractivity contribution is 5.27. The van der Waals surface area contributed by atoms with E-state index in [2.05, 4.69) is 37.7 Å². The third kappa shape index (κ3) is 4.07. The first-order chi connectivity index (χ1) is 10.2. The van der Waals surface area contributed by atoms with E-state index in [9.17, 15) is 0 Å². The Labute approximate surface area is 129 Å². The average molecular weight is 293 g/mol. The average Bonchev–Trinajstić information content (AvgIpc) is 2.85. The molecule has 120 valence electrons. The van der Waals surface area contributed by atoms with Crippen LogP contribution < -0.4 is 5.32 Å². The van der Waals surface area contributed by atoms with Gasteiger partial charge in [-0.25, -0.2) is 0 Å². The Morgan fingerprint density at radius 1 is 1.24 bits per heavy atom. The number of ether oxygens (including phenoxy) is 1. The Kier molecular flexibility index (Phi) is 6.24. The summed E-state index contributed by atoms with van der Waals surface area (Å²) >= 11 is 0. The van der Waals surface area contributed by atoms with Gasteiger partial charge in [-0.3, -0.25) is 4.68 Å². The van der Waals surface area contributed by atoms with Crippen LogP contribution in [0.4, 0.5) is 0 Å². The molecule has 0 aliphatic carbocycles. The minimum absolute atomic E-state index is 0.526. The standard InChI is InChI=1S/C17H31N3O/c1-5-16-15(12-18-11-13(3)4)17(6-2)20(19-16)14-7-9-21-10-8-14/h13-14,18H,5-12H2,1-4H3. The first-order valence-corrected chi connectivity index (χ1v) is 8.54. The minimum atomic E-state index is 0.526. The summed E-state index contributed by atoms with van der Waals surface area (Å²) in [5.41, 5.74) is 4.14. The smallest absolute Gasteiger partial charge is 0.0669 e. The van der Waals surface area contributed by atoms with Crippen molar-refractivity contribution in [3.63, 3.8) is 0 Å². The molecule has 1 aromatic heterocycles. The third-order valence-corrected chi connectivity index (χ3v) is 4.26. The molecule has 1 aliphatic heterocycles. The van der Waals surface area contributed by atoms with E-state index in [-0.39, 0.29) is 0 Å². The van der Waals surface area contributed by atoms with E-state index in [1.807, 2.05) is 0 Å². The fourth-order valence-corrected chi connectivity index (χ4v) is 3.14. The van der Waals surface area contributed by atoms with Crippen molar-refractivity contribution in [2.75, 3.05) is 19.8 Å². The summed E-state index contributed by atoms with van der Waals surface area (Å²) in [5.74, 6) is 0.686. The monoisotopic (exact) mass is 293 g/mol. The zero-order valence-electron chi connectivity index (χ0n) is 14.1. The van der Waals surface area contributed by atoms with Crippen molar-refractivity contribution in [2.45, 2.75) is 66.0 Å². The second-order valence-corrected chi connectivity index (χ2v) is 6.39. The first kappa shape index (κ1) is 16.5. The molecule has 21 heavy (non-hydrogen) atoms. The van der Waals surface area contributed by atoms with Gasteiger partial charge in [-0.15, -0.1) is 0 Å². The van der Waals surface area contributed by atoms with Crippen molar-refractivity contribution in [2.24, 2.45) is 5.92 Å². The number of nitrogens with one attached hydrogen (secondary N) is 1. The van der Waals surface area contributed by atoms with Crippen LogP contribution in [-0.4, -0.2) is 29.5 Å². The van der Waals surface area contributed by atoms with E-state index >= 15 is 0 Å². The van der Waals surface area contributed by atoms with Crippen molar-refractivity contribution < 1.29 is 4.74 Å². The number of aryl methyl sites for hydroxylation is 1. The minimum Gasteiger partial charge on any atom is -0.381 e. The summed E-state index contributed by atoms with van der Waals surface area (Å²) in [5, 5.41) is 8.53. The zero-order chi connectivity index (χ0) is 15.2. The van der Waals surface area contributed by atoms with Crippen molar-refractivity contribution in [3.05, 3.63) is 17.0 Å². The maximum Gasteiger partial charge on any atom is 0.0669 e. The summed E-state index contributed by atoms with van der Waals surface area (Å²) in [6.07, 6.45) is 4.26. The van der Waals surface area contributed by atoms with Crippen LogP contribution in [0.1, 0.15) is 63.5 Å². The molecule has 1 aliphatic rings. The maximum atomic E-state index is 5.50. The fraction of sp³-hybridized carbons (Fsp3) is 0.824. The van der Waals surface area contributed by atoms with Crippen molar-refractivity contribution in [1.29, 1.82) is 0 Å². The highest BCUT2D eigenvalue weighted by atomic mass is 16.5. The molecule has 1 saturated heterocycles. The predicted molar refractivity (Wildman–Crippen MR) is 86.6 cm³/mol. The van der Waals surface area contributed by atoms with E-state index in [1.54, 1.807) is 0 Å². The molecule has 1 N–H and O–H groups in total. The lowest BCUT2D eigenvalue weighted by atomic mass is 10.1. The van der Waals surface area contributed by atoms with Crippen LogP contribution in [0.5, 0.6) is 0 Å². The van der Waals surface area contributed by atoms with Crippen LogP contribution >= 0.6 is 0 Å². The van der Waals surface area contributed by atoms with Crippen molar-refractivity contribution >= 4 is 0 Å². The molecule has 2 rings (SSSR count). The maximum absolute atomic E-state index is 5.50. The van der Waals surface area contributed by atoms with Crippen LogP contribution in [-0.2, 0) is 24.1 Å². The normalized spacial score (nSPS) is 16.8. The van der Waals surface area contributed by atoms with Crippen LogP contribution in [0.2, 0.25) is 0 Å². The largest absolute Gasteiger partial charge is 0.381 e. The van der Waals surface area contributed by atoms with Crippen LogP contribution in [0.15, 0.2) is 0 Å². The Morgan fingerprint density at radius 3 is 2.52 bits per heavy atom. The molecular formula is C17H31N3O. The van der Waals surface area contributed by atoms with E-state index in [4.69, 9.17) is 9.84 Å². The lowest BCUT2D eigenvalue weighted by Gasteiger charge is -2.24. The molecule has 0 aromatic carbocycles. The molecule has 0 amide bonds. The molecule has 4 heteroatoms. The van der Waals surface area contributed by atoms with E-state index in [0.717, 1.165) is 52.0 Å². The van der Waals surface area contributed by atoms with Gasteiger partial charge >= 0.3 is 0 Å². The first-order valence-electron chi connectivity index (χ1n) is 8.54. The highest BCUT2D eigenvalue weighted by Gasteiger charge is 2.23. The Morgan fingerprint density at radius 2 is 1.95 bits per heavy atom. The molecule has 0 bridgehead atoms. The summed E-state index contributed by atoms with van der Waals surface area (Å²) in [4.78, 5) is 0. The summed E-state index contributed by atoms with van der Waals surface area (Å²) in [6.45, 7) is 12.7. The van der Waals surface area contributed by atoms with Crippen LogP contribution in [0, 0.1) is 5.92 Å². The third-order valence-electron chi connectivity index (χ3n) is 4.26. The van der Waals surface area contributed by atoms with Gasteiger partial charge in [0, 0.05) is 31.0 Å². The van der Waals surface area contributed by atoms with Crippen molar-refractivity contribution in [3.8, 4) is 0 Å². The molecule has 1 aromatic rings. The molecule has 2 heterocycles. The Hall–Kier alpha value is -0.870. The van der Waals surface area contributed by atoms with E-state index < -0.39 is 0 Å². The number of rotatable bonds is 7. The number of hydrogen-bond acceptors (Lipinski definition) is 3. The lowest BCUT2D eigenvalue weighted by molar-refractivity contribution is 0.0653. The quantitative estimate of drug-likeness (QED) is 0.839. The van der Waals surface area contributed by atoms with Crippen LogP contribution in [0.3, 0.4) is 0 Å². The summed E-state index contributed by atoms with van der Waals surface area (Å²) < 4.78 is 7.81. The molecule has 0 saturated carbocycles. The zero-order valence-corrected chi connectivity index (χ0v) is 14.1. The van der Waals surface area contributed by atoms with E-state index in [0.29, 0.717) is 12.0 Å². The van der Waals surface area contributed by atoms with Crippen LogP contribution in [0.25, 0.3) is 0 Å². The summed E-state index contributed by atoms with van der Waals surface area (Å²) in [6, 6.07) is 0.526. The topological polar surface area (TPSA) is 39.1 Å². The van der Waals surface area contributed by atoms with Gasteiger partial charge in [-0.2, -0.15) is 5.10 Å². The van der Waals surface area contributed by atoms with Gasteiger partial charge in [0.15, 0.2) is 0 Å². The molecule has 1 fully saturated rings. The Balaban J connectivity index is 2.19. The van der Waals surface area contributed by atoms with Gasteiger partial charge in [0.05, 0.1) is 11.7 Å². The Bertz CT molecular complexity index is 433. The molecule has 0 unspecified atom stereocenters. The number of nitrogens with zero attached hydrogens (tertiary/aromatic N) is 2. The van der Waals surface area contributed by atoms with Gasteiger partial charge in [0.2, 0.25) is 0 Å². The predicted octanol–water partition coefficient (Wildman–Crippen LogP) is 3.11. The van der Waals surface area contributed by atoms with Crippen molar-refractivity contribution in [1.82, 2.24) is 15.1 Å². The highest BCUT2D eigenvalue weighted by Crippen LogP contribution is 2.26. The van der Waals surface area contributed by atoms with Gasteiger partial charge in [0.25, 0.3) is 0 Å². The summed E-state index contributed by atoms with van der Waals surface area (Å²) in [7, 11) is 0. The molecule has 0 radical (unpaired) electrons. The van der Waals surface area contributed by atoms with Gasteiger partial charge in [-0.05, 0) is 38.1 Å². The lowest BCUT2D eigenvalue weighted by Crippen LogP contribution is -2.23. The SMILES string of the molecule is CCc1nn(C2CCOCC2)c(CC)c1CNCC(C)C. The molecule has 4 nitrogen and oxygen atoms in total. The van der Waals surface area contributed by atoms with Gasteiger partial charge in [0.1, 0.15) is 0 Å². The number of hydrogen-bond donors (Lipinski definition) is 1. The molecule has 0 spiro atoms. The molecule has 0 atom stereocenters. The second-order valence-electron chi connectivity index (χ2n) is 6.39. The second kappa shape index (κ2) is 7.95. The fourth-order valence-electron chi connectivity index (χ4n) is 3.14. The van der Waals surface area contributed by atoms with Gasteiger partial charge < -0.3 is 10.1 Å². The van der Waals surface area contributed by atoms with Gasteiger partial charge in [-0.1, -0.05) is 27.7 Å². The number of aromatic nitrogens is 2. The van der Waals surface area contributed by atoms with E-state index in [1.165, 1.54) is 17.0 Å². The molecular weight excluding hydrogens is 262 g/mol.